The van der Waals surface area contributed by atoms with Crippen molar-refractivity contribution >= 4 is 58.9 Å². The summed E-state index contributed by atoms with van der Waals surface area (Å²) < 4.78 is 0. The van der Waals surface area contributed by atoms with E-state index >= 15 is 0 Å². The average Bonchev–Trinajstić information content (AvgIpc) is 3.24. The molecule has 0 aromatic carbocycles. The molecule has 0 aliphatic carbocycles. The molecule has 0 atom stereocenters. The lowest BCUT2D eigenvalue weighted by Crippen LogP contribution is -2.33. The summed E-state index contributed by atoms with van der Waals surface area (Å²) in [5, 5.41) is 13.1. The van der Waals surface area contributed by atoms with Gasteiger partial charge < -0.3 is 15.3 Å². The van der Waals surface area contributed by atoms with Gasteiger partial charge in [-0.3, -0.25) is 4.79 Å². The van der Waals surface area contributed by atoms with Gasteiger partial charge in [0.1, 0.15) is 11.6 Å². The van der Waals surface area contributed by atoms with Crippen molar-refractivity contribution in [3.8, 4) is 10.6 Å². The molecule has 3 aromatic rings. The van der Waals surface area contributed by atoms with Crippen molar-refractivity contribution in [2.75, 3.05) is 23.3 Å². The Morgan fingerprint density at radius 2 is 1.87 bits per heavy atom. The van der Waals surface area contributed by atoms with Crippen molar-refractivity contribution in [3.05, 3.63) is 48.8 Å². The van der Waals surface area contributed by atoms with Crippen LogP contribution >= 0.6 is 36.2 Å². The molecule has 166 valence electrons. The van der Waals surface area contributed by atoms with E-state index in [4.69, 9.17) is 10.1 Å². The van der Waals surface area contributed by atoms with Crippen LogP contribution in [0.4, 0.5) is 16.8 Å². The zero-order valence-corrected chi connectivity index (χ0v) is 19.3. The number of thiazole rings is 1. The van der Waals surface area contributed by atoms with E-state index in [0.29, 0.717) is 5.92 Å². The van der Waals surface area contributed by atoms with Gasteiger partial charge in [0.15, 0.2) is 5.13 Å². The van der Waals surface area contributed by atoms with Gasteiger partial charge >= 0.3 is 5.97 Å². The Morgan fingerprint density at radius 1 is 1.10 bits per heavy atom. The normalized spacial score (nSPS) is 13.7. The molecule has 4 heterocycles. The number of anilines is 3. The summed E-state index contributed by atoms with van der Waals surface area (Å²) in [5.74, 6) is 1.30. The molecule has 0 radical (unpaired) electrons. The second kappa shape index (κ2) is 11.8. The van der Waals surface area contributed by atoms with Crippen LogP contribution in [0, 0.1) is 5.92 Å². The summed E-state index contributed by atoms with van der Waals surface area (Å²) in [7, 11) is 0. The lowest BCUT2D eigenvalue weighted by Gasteiger charge is -2.31. The summed E-state index contributed by atoms with van der Waals surface area (Å²) >= 11 is 1.64. The number of nitrogens with one attached hydrogen (secondary N) is 1. The predicted octanol–water partition coefficient (Wildman–Crippen LogP) is 5.27. The van der Waals surface area contributed by atoms with E-state index in [1.54, 1.807) is 17.5 Å². The number of hydrogen-bond donors (Lipinski definition) is 2. The first-order valence-corrected chi connectivity index (χ1v) is 10.6. The summed E-state index contributed by atoms with van der Waals surface area (Å²) in [4.78, 5) is 27.6. The molecule has 0 amide bonds. The van der Waals surface area contributed by atoms with Gasteiger partial charge in [-0.15, -0.1) is 24.8 Å². The molecule has 10 heteroatoms. The molecule has 0 unspecified atom stereocenters. The van der Waals surface area contributed by atoms with E-state index in [9.17, 15) is 4.79 Å². The molecule has 31 heavy (non-hydrogen) atoms. The van der Waals surface area contributed by atoms with Gasteiger partial charge in [0.2, 0.25) is 0 Å². The molecule has 4 rings (SSSR count). The molecule has 1 aliphatic heterocycles. The van der Waals surface area contributed by atoms with Crippen LogP contribution in [0.5, 0.6) is 0 Å². The molecule has 1 aliphatic rings. The van der Waals surface area contributed by atoms with Crippen LogP contribution < -0.4 is 10.2 Å². The van der Waals surface area contributed by atoms with Gasteiger partial charge in [0.25, 0.3) is 0 Å². The van der Waals surface area contributed by atoms with E-state index in [1.165, 1.54) is 0 Å². The van der Waals surface area contributed by atoms with E-state index in [1.807, 2.05) is 42.6 Å². The highest BCUT2D eigenvalue weighted by molar-refractivity contribution is 7.18. The van der Waals surface area contributed by atoms with Gasteiger partial charge in [-0.1, -0.05) is 23.5 Å². The van der Waals surface area contributed by atoms with Gasteiger partial charge in [-0.25, -0.2) is 15.0 Å². The third kappa shape index (κ3) is 6.78. The predicted molar refractivity (Wildman–Crippen MR) is 129 cm³/mol. The molecule has 2 N–H and O–H groups in total. The van der Waals surface area contributed by atoms with Crippen LogP contribution in [0.1, 0.15) is 25.7 Å². The van der Waals surface area contributed by atoms with Crippen molar-refractivity contribution in [2.24, 2.45) is 5.92 Å². The Hall–Kier alpha value is -2.42. The maximum Gasteiger partial charge on any atom is 0.303 e. The van der Waals surface area contributed by atoms with Crippen LogP contribution in [0.15, 0.2) is 48.8 Å². The average molecular weight is 482 g/mol. The number of carboxylic acids is 1. The van der Waals surface area contributed by atoms with Gasteiger partial charge in [0.05, 0.1) is 10.6 Å². The fourth-order valence-corrected chi connectivity index (χ4v) is 4.42. The Labute approximate surface area is 197 Å². The maximum absolute atomic E-state index is 10.8. The highest BCUT2D eigenvalue weighted by Gasteiger charge is 2.22. The standard InChI is InChI=1S/C21H23N5O2S.2ClH/c27-20(28)8-7-15-9-12-26(13-10-15)21-23-14-17(29-21)16-4-3-6-19(24-16)25-18-5-1-2-11-22-18;;/h1-6,11,14-15H,7-10,12-13H2,(H,27,28)(H,22,24,25);2*1H. The Morgan fingerprint density at radius 3 is 2.58 bits per heavy atom. The largest absolute Gasteiger partial charge is 0.481 e. The van der Waals surface area contributed by atoms with Crippen molar-refractivity contribution in [1.82, 2.24) is 15.0 Å². The molecule has 0 bridgehead atoms. The number of aliphatic carboxylic acids is 1. The fraction of sp³-hybridized carbons (Fsp3) is 0.333. The highest BCUT2D eigenvalue weighted by Crippen LogP contribution is 2.33. The van der Waals surface area contributed by atoms with Crippen LogP contribution in [0.2, 0.25) is 0 Å². The number of rotatable bonds is 7. The Balaban J connectivity index is 0.00000171. The molecular formula is C21H25Cl2N5O2S. The van der Waals surface area contributed by atoms with Gasteiger partial charge in [-0.2, -0.15) is 0 Å². The summed E-state index contributed by atoms with van der Waals surface area (Å²) in [6.45, 7) is 1.85. The van der Waals surface area contributed by atoms with Gasteiger partial charge in [0, 0.05) is 31.9 Å². The van der Waals surface area contributed by atoms with Crippen molar-refractivity contribution in [3.63, 3.8) is 0 Å². The molecule has 0 spiro atoms. The van der Waals surface area contributed by atoms with E-state index in [0.717, 1.165) is 59.7 Å². The third-order valence-electron chi connectivity index (χ3n) is 5.07. The zero-order valence-electron chi connectivity index (χ0n) is 16.8. The minimum atomic E-state index is -0.704. The van der Waals surface area contributed by atoms with Gasteiger partial charge in [-0.05, 0) is 49.4 Å². The maximum atomic E-state index is 10.8. The fourth-order valence-electron chi connectivity index (χ4n) is 3.48. The summed E-state index contributed by atoms with van der Waals surface area (Å²) in [6, 6.07) is 11.6. The Kier molecular flexibility index (Phi) is 9.48. The molecule has 1 saturated heterocycles. The number of carboxylic acid groups (broad SMARTS) is 1. The van der Waals surface area contributed by atoms with Crippen LogP contribution in [0.3, 0.4) is 0 Å². The SMILES string of the molecule is Cl.Cl.O=C(O)CCC1CCN(c2ncc(-c3cccc(Nc4ccccn4)n3)s2)CC1. The lowest BCUT2D eigenvalue weighted by molar-refractivity contribution is -0.137. The van der Waals surface area contributed by atoms with E-state index < -0.39 is 5.97 Å². The lowest BCUT2D eigenvalue weighted by atomic mass is 9.92. The topological polar surface area (TPSA) is 91.2 Å². The van der Waals surface area contributed by atoms with Crippen LogP contribution in [-0.4, -0.2) is 39.1 Å². The van der Waals surface area contributed by atoms with Crippen molar-refractivity contribution in [2.45, 2.75) is 25.7 Å². The second-order valence-electron chi connectivity index (χ2n) is 7.12. The molecule has 0 saturated carbocycles. The first-order chi connectivity index (χ1) is 14.2. The second-order valence-corrected chi connectivity index (χ2v) is 8.13. The van der Waals surface area contributed by atoms with E-state index in [-0.39, 0.29) is 31.2 Å². The first kappa shape index (κ1) is 24.8. The van der Waals surface area contributed by atoms with Crippen LogP contribution in [0.25, 0.3) is 10.6 Å². The minimum absolute atomic E-state index is 0. The summed E-state index contributed by atoms with van der Waals surface area (Å²) in [5.41, 5.74) is 0.881. The third-order valence-corrected chi connectivity index (χ3v) is 6.15. The Bertz CT molecular complexity index is 965. The van der Waals surface area contributed by atoms with Crippen molar-refractivity contribution in [1.29, 1.82) is 0 Å². The summed E-state index contributed by atoms with van der Waals surface area (Å²) in [6.07, 6.45) is 6.69. The minimum Gasteiger partial charge on any atom is -0.481 e. The number of aromatic nitrogens is 3. The first-order valence-electron chi connectivity index (χ1n) is 9.75. The zero-order chi connectivity index (χ0) is 20.1. The van der Waals surface area contributed by atoms with E-state index in [2.05, 4.69) is 20.2 Å². The molecule has 3 aromatic heterocycles. The number of piperidine rings is 1. The van der Waals surface area contributed by atoms with Crippen LogP contribution in [-0.2, 0) is 4.79 Å². The number of nitrogens with zero attached hydrogens (tertiary/aromatic N) is 4. The number of hydrogen-bond acceptors (Lipinski definition) is 7. The number of halogens is 2. The molecule has 7 nitrogen and oxygen atoms in total. The monoisotopic (exact) mass is 481 g/mol. The molecule has 1 fully saturated rings. The smallest absolute Gasteiger partial charge is 0.303 e. The quantitative estimate of drug-likeness (QED) is 0.474. The van der Waals surface area contributed by atoms with Crippen molar-refractivity contribution < 1.29 is 9.90 Å². The number of carbonyl (C=O) groups is 1. The molecular weight excluding hydrogens is 457 g/mol. The highest BCUT2D eigenvalue weighted by atomic mass is 35.5. The number of pyridine rings is 2.